The van der Waals surface area contributed by atoms with Crippen LogP contribution in [0.15, 0.2) is 30.3 Å². The summed E-state index contributed by atoms with van der Waals surface area (Å²) < 4.78 is 18.6. The Balaban J connectivity index is 1.84. The topological polar surface area (TPSA) is 50.4 Å². The van der Waals surface area contributed by atoms with Crippen LogP contribution in [0.5, 0.6) is 5.75 Å². The Morgan fingerprint density at radius 1 is 1.35 bits per heavy atom. The smallest absolute Gasteiger partial charge is 0.255 e. The molecule has 0 saturated carbocycles. The Hall–Kier alpha value is -2.11. The van der Waals surface area contributed by atoms with E-state index in [4.69, 9.17) is 16.3 Å². The Labute approximate surface area is 138 Å². The Morgan fingerprint density at radius 2 is 2.17 bits per heavy atom. The molecule has 2 aromatic carbocycles. The fraction of sp³-hybridized carbons (Fsp3) is 0.235. The third-order valence-electron chi connectivity index (χ3n) is 3.88. The number of hydrogen-bond donors (Lipinski definition) is 2. The van der Waals surface area contributed by atoms with Gasteiger partial charge in [0.15, 0.2) is 11.6 Å². The molecular formula is C17H16ClFN2O2. The van der Waals surface area contributed by atoms with Gasteiger partial charge in [-0.1, -0.05) is 17.7 Å². The van der Waals surface area contributed by atoms with Crippen LogP contribution in [0.1, 0.15) is 21.5 Å². The zero-order valence-electron chi connectivity index (χ0n) is 12.6. The fourth-order valence-electron chi connectivity index (χ4n) is 2.62. The Morgan fingerprint density at radius 3 is 2.91 bits per heavy atom. The molecule has 0 bridgehead atoms. The number of fused-ring (bicyclic) bond motifs is 1. The third kappa shape index (κ3) is 3.16. The summed E-state index contributed by atoms with van der Waals surface area (Å²) in [7, 11) is 1.37. The number of amides is 1. The van der Waals surface area contributed by atoms with Crippen molar-refractivity contribution in [2.45, 2.75) is 13.0 Å². The van der Waals surface area contributed by atoms with Crippen molar-refractivity contribution in [1.82, 2.24) is 5.32 Å². The van der Waals surface area contributed by atoms with E-state index in [-0.39, 0.29) is 11.3 Å². The summed E-state index contributed by atoms with van der Waals surface area (Å²) >= 11 is 6.39. The number of carbonyl (C=O) groups excluding carboxylic acids is 1. The molecule has 120 valence electrons. The van der Waals surface area contributed by atoms with Crippen molar-refractivity contribution in [3.05, 3.63) is 57.9 Å². The van der Waals surface area contributed by atoms with E-state index in [0.717, 1.165) is 24.6 Å². The van der Waals surface area contributed by atoms with Crippen molar-refractivity contribution >= 4 is 23.2 Å². The van der Waals surface area contributed by atoms with E-state index in [1.807, 2.05) is 6.07 Å². The second-order valence-electron chi connectivity index (χ2n) is 5.30. The van der Waals surface area contributed by atoms with Gasteiger partial charge in [-0.05, 0) is 48.4 Å². The largest absolute Gasteiger partial charge is 0.494 e. The third-order valence-corrected chi connectivity index (χ3v) is 4.31. The highest BCUT2D eigenvalue weighted by Gasteiger charge is 2.17. The monoisotopic (exact) mass is 334 g/mol. The molecule has 4 nitrogen and oxygen atoms in total. The van der Waals surface area contributed by atoms with Gasteiger partial charge in [-0.2, -0.15) is 0 Å². The minimum atomic E-state index is -0.583. The number of hydrogen-bond acceptors (Lipinski definition) is 3. The summed E-state index contributed by atoms with van der Waals surface area (Å²) in [6.45, 7) is 1.59. The zero-order chi connectivity index (χ0) is 16.4. The van der Waals surface area contributed by atoms with E-state index in [1.165, 1.54) is 24.8 Å². The molecule has 2 N–H and O–H groups in total. The molecule has 0 aliphatic carbocycles. The number of anilines is 1. The number of benzene rings is 2. The first-order chi connectivity index (χ1) is 11.1. The number of rotatable bonds is 3. The van der Waals surface area contributed by atoms with Crippen LogP contribution in [-0.4, -0.2) is 19.6 Å². The Kier molecular flexibility index (Phi) is 4.50. The van der Waals surface area contributed by atoms with E-state index in [2.05, 4.69) is 10.6 Å². The molecule has 0 saturated heterocycles. The zero-order valence-corrected chi connectivity index (χ0v) is 13.3. The molecule has 0 unspecified atom stereocenters. The number of methoxy groups -OCH3 is 1. The second kappa shape index (κ2) is 6.56. The standard InChI is InChI=1S/C17H16ClFN2O2/c1-23-15-5-3-11(8-13(15)19)17(22)21-14-4-2-10-6-7-20-9-12(10)16(14)18/h2-5,8,20H,6-7,9H2,1H3,(H,21,22). The van der Waals surface area contributed by atoms with Crippen molar-refractivity contribution in [2.24, 2.45) is 0 Å². The molecule has 0 atom stereocenters. The molecule has 6 heteroatoms. The molecule has 1 aliphatic heterocycles. The van der Waals surface area contributed by atoms with E-state index in [1.54, 1.807) is 6.07 Å². The molecule has 0 spiro atoms. The predicted molar refractivity (Wildman–Crippen MR) is 87.8 cm³/mol. The van der Waals surface area contributed by atoms with Crippen molar-refractivity contribution in [3.8, 4) is 5.75 Å². The molecule has 1 heterocycles. The van der Waals surface area contributed by atoms with Crippen LogP contribution in [-0.2, 0) is 13.0 Å². The summed E-state index contributed by atoms with van der Waals surface area (Å²) in [5, 5.41) is 6.51. The summed E-state index contributed by atoms with van der Waals surface area (Å²) in [4.78, 5) is 12.3. The maximum atomic E-state index is 13.7. The Bertz CT molecular complexity index is 764. The summed E-state index contributed by atoms with van der Waals surface area (Å²) in [6, 6.07) is 7.81. The van der Waals surface area contributed by atoms with Gasteiger partial charge in [0.05, 0.1) is 17.8 Å². The lowest BCUT2D eigenvalue weighted by molar-refractivity contribution is 0.102. The molecule has 0 radical (unpaired) electrons. The lowest BCUT2D eigenvalue weighted by Crippen LogP contribution is -2.24. The van der Waals surface area contributed by atoms with Gasteiger partial charge in [0.2, 0.25) is 0 Å². The molecule has 23 heavy (non-hydrogen) atoms. The fourth-order valence-corrected chi connectivity index (χ4v) is 2.92. The minimum absolute atomic E-state index is 0.0967. The first kappa shape index (κ1) is 15.8. The van der Waals surface area contributed by atoms with Gasteiger partial charge in [-0.3, -0.25) is 4.79 Å². The van der Waals surface area contributed by atoms with Crippen LogP contribution in [0.25, 0.3) is 0 Å². The average Bonchev–Trinajstić information content (AvgIpc) is 2.57. The quantitative estimate of drug-likeness (QED) is 0.904. The highest BCUT2D eigenvalue weighted by Crippen LogP contribution is 2.31. The van der Waals surface area contributed by atoms with Crippen molar-refractivity contribution in [2.75, 3.05) is 19.0 Å². The van der Waals surface area contributed by atoms with Crippen LogP contribution in [0.3, 0.4) is 0 Å². The van der Waals surface area contributed by atoms with E-state index in [9.17, 15) is 9.18 Å². The SMILES string of the molecule is COc1ccc(C(=O)Nc2ccc3c(c2Cl)CNCC3)cc1F. The molecule has 0 aromatic heterocycles. The summed E-state index contributed by atoms with van der Waals surface area (Å²) in [5.41, 5.74) is 2.91. The maximum Gasteiger partial charge on any atom is 0.255 e. The van der Waals surface area contributed by atoms with E-state index in [0.29, 0.717) is 17.3 Å². The molecule has 0 fully saturated rings. The summed E-state index contributed by atoms with van der Waals surface area (Å²) in [5.74, 6) is -0.905. The van der Waals surface area contributed by atoms with Crippen molar-refractivity contribution in [1.29, 1.82) is 0 Å². The molecule has 3 rings (SSSR count). The van der Waals surface area contributed by atoms with E-state index >= 15 is 0 Å². The highest BCUT2D eigenvalue weighted by molar-refractivity contribution is 6.34. The van der Waals surface area contributed by atoms with Crippen molar-refractivity contribution in [3.63, 3.8) is 0 Å². The second-order valence-corrected chi connectivity index (χ2v) is 5.67. The first-order valence-electron chi connectivity index (χ1n) is 7.26. The van der Waals surface area contributed by atoms with Crippen molar-refractivity contribution < 1.29 is 13.9 Å². The van der Waals surface area contributed by atoms with Crippen LogP contribution in [0.4, 0.5) is 10.1 Å². The molecule has 1 aliphatic rings. The lowest BCUT2D eigenvalue weighted by Gasteiger charge is -2.20. The lowest BCUT2D eigenvalue weighted by atomic mass is 10.00. The normalized spacial score (nSPS) is 13.3. The number of ether oxygens (including phenoxy) is 1. The van der Waals surface area contributed by atoms with Gasteiger partial charge in [-0.25, -0.2) is 4.39 Å². The van der Waals surface area contributed by atoms with Crippen LogP contribution in [0, 0.1) is 5.82 Å². The molecular weight excluding hydrogens is 319 g/mol. The van der Waals surface area contributed by atoms with Crippen LogP contribution in [0.2, 0.25) is 5.02 Å². The van der Waals surface area contributed by atoms with Crippen LogP contribution < -0.4 is 15.4 Å². The summed E-state index contributed by atoms with van der Waals surface area (Å²) in [6.07, 6.45) is 0.910. The predicted octanol–water partition coefficient (Wildman–Crippen LogP) is 3.39. The first-order valence-corrected chi connectivity index (χ1v) is 7.64. The van der Waals surface area contributed by atoms with Gasteiger partial charge in [0.1, 0.15) is 0 Å². The van der Waals surface area contributed by atoms with Gasteiger partial charge in [-0.15, -0.1) is 0 Å². The number of nitrogens with one attached hydrogen (secondary N) is 2. The van der Waals surface area contributed by atoms with E-state index < -0.39 is 11.7 Å². The number of carbonyl (C=O) groups is 1. The van der Waals surface area contributed by atoms with Gasteiger partial charge in [0.25, 0.3) is 5.91 Å². The number of halogens is 2. The van der Waals surface area contributed by atoms with Gasteiger partial charge in [0, 0.05) is 12.1 Å². The average molecular weight is 335 g/mol. The minimum Gasteiger partial charge on any atom is -0.494 e. The molecule has 2 aromatic rings. The van der Waals surface area contributed by atoms with Gasteiger partial charge < -0.3 is 15.4 Å². The molecule has 1 amide bonds. The highest BCUT2D eigenvalue weighted by atomic mass is 35.5. The maximum absolute atomic E-state index is 13.7. The van der Waals surface area contributed by atoms with Crippen LogP contribution >= 0.6 is 11.6 Å². The van der Waals surface area contributed by atoms with Gasteiger partial charge >= 0.3 is 0 Å².